The molecule has 0 aliphatic rings. The van der Waals surface area contributed by atoms with Gasteiger partial charge in [0.2, 0.25) is 0 Å². The molecule has 0 spiro atoms. The van der Waals surface area contributed by atoms with Crippen LogP contribution in [0, 0.1) is 0 Å². The van der Waals surface area contributed by atoms with Crippen molar-refractivity contribution in [2.45, 2.75) is 20.0 Å². The van der Waals surface area contributed by atoms with Gasteiger partial charge in [-0.05, 0) is 31.2 Å². The maximum Gasteiger partial charge on any atom is 0.0722 e. The van der Waals surface area contributed by atoms with Gasteiger partial charge in [-0.3, -0.25) is 0 Å². The lowest BCUT2D eigenvalue weighted by Gasteiger charge is -2.11. The summed E-state index contributed by atoms with van der Waals surface area (Å²) >= 11 is 12.2. The molecular weight excluding hydrogens is 255 g/mol. The number of benzene rings is 1. The Morgan fingerprint density at radius 1 is 1.12 bits per heavy atom. The van der Waals surface area contributed by atoms with E-state index in [1.54, 1.807) is 0 Å². The van der Waals surface area contributed by atoms with E-state index in [0.29, 0.717) is 16.6 Å². The quantitative estimate of drug-likeness (QED) is 0.868. The maximum atomic E-state index is 6.09. The van der Waals surface area contributed by atoms with Gasteiger partial charge in [-0.25, -0.2) is 0 Å². The number of anilines is 1. The van der Waals surface area contributed by atoms with Crippen molar-refractivity contribution < 1.29 is 0 Å². The topological polar surface area (TPSA) is 17.0 Å². The Morgan fingerprint density at radius 3 is 2.47 bits per heavy atom. The van der Waals surface area contributed by atoms with E-state index in [1.807, 2.05) is 24.3 Å². The van der Waals surface area contributed by atoms with E-state index < -0.39 is 0 Å². The van der Waals surface area contributed by atoms with E-state index in [9.17, 15) is 0 Å². The van der Waals surface area contributed by atoms with Crippen LogP contribution >= 0.6 is 23.2 Å². The Morgan fingerprint density at radius 2 is 1.82 bits per heavy atom. The molecule has 4 heteroatoms. The van der Waals surface area contributed by atoms with Crippen molar-refractivity contribution in [3.8, 4) is 0 Å². The Hall–Kier alpha value is -1.12. The lowest BCUT2D eigenvalue weighted by molar-refractivity contribution is 0.724. The molecule has 17 heavy (non-hydrogen) atoms. The first-order chi connectivity index (χ1) is 8.22. The number of aromatic nitrogens is 1. The second kappa shape index (κ2) is 5.48. The molecule has 2 nitrogen and oxygen atoms in total. The number of hydrogen-bond donors (Lipinski definition) is 1. The molecule has 0 aliphatic carbocycles. The average Bonchev–Trinajstić information content (AvgIpc) is 2.76. The minimum atomic E-state index is 0.645. The molecule has 90 valence electrons. The molecule has 1 aromatic carbocycles. The van der Waals surface area contributed by atoms with Crippen molar-refractivity contribution in [2.24, 2.45) is 0 Å². The van der Waals surface area contributed by atoms with Crippen molar-refractivity contribution in [3.63, 3.8) is 0 Å². The first-order valence-electron chi connectivity index (χ1n) is 5.54. The summed E-state index contributed by atoms with van der Waals surface area (Å²) < 4.78 is 2.18. The molecule has 0 amide bonds. The molecule has 0 saturated heterocycles. The molecule has 0 radical (unpaired) electrons. The highest BCUT2D eigenvalue weighted by Gasteiger charge is 2.05. The van der Waals surface area contributed by atoms with E-state index in [2.05, 4.69) is 29.1 Å². The summed E-state index contributed by atoms with van der Waals surface area (Å²) in [6.07, 6.45) is 2.06. The molecule has 0 fully saturated rings. The van der Waals surface area contributed by atoms with Crippen LogP contribution in [0.5, 0.6) is 0 Å². The number of halogens is 2. The summed E-state index contributed by atoms with van der Waals surface area (Å²) in [5.74, 6) is 0. The third kappa shape index (κ3) is 2.76. The molecule has 1 aromatic heterocycles. The predicted octanol–water partition coefficient (Wildman–Crippen LogP) is 4.43. The summed E-state index contributed by atoms with van der Waals surface area (Å²) in [4.78, 5) is 0. The third-order valence-electron chi connectivity index (χ3n) is 2.67. The molecule has 0 unspecified atom stereocenters. The van der Waals surface area contributed by atoms with Crippen LogP contribution in [-0.2, 0) is 13.1 Å². The summed E-state index contributed by atoms with van der Waals surface area (Å²) in [6, 6.07) is 9.61. The Bertz CT molecular complexity index is 486. The number of aryl methyl sites for hydroxylation is 1. The lowest BCUT2D eigenvalue weighted by atomic mass is 10.3. The summed E-state index contributed by atoms with van der Waals surface area (Å²) in [5.41, 5.74) is 2.00. The Balaban J connectivity index is 2.13. The smallest absolute Gasteiger partial charge is 0.0722 e. The molecule has 0 bridgehead atoms. The molecule has 0 aliphatic heterocycles. The van der Waals surface area contributed by atoms with Crippen molar-refractivity contribution in [1.82, 2.24) is 4.57 Å². The highest BCUT2D eigenvalue weighted by molar-refractivity contribution is 6.39. The number of rotatable bonds is 4. The fraction of sp³-hybridized carbons (Fsp3) is 0.231. The van der Waals surface area contributed by atoms with E-state index in [4.69, 9.17) is 23.2 Å². The normalized spacial score (nSPS) is 10.5. The van der Waals surface area contributed by atoms with Crippen LogP contribution in [0.15, 0.2) is 36.5 Å². The first-order valence-corrected chi connectivity index (χ1v) is 6.30. The predicted molar refractivity (Wildman–Crippen MR) is 73.9 cm³/mol. The third-order valence-corrected chi connectivity index (χ3v) is 3.30. The van der Waals surface area contributed by atoms with Gasteiger partial charge in [-0.1, -0.05) is 29.3 Å². The van der Waals surface area contributed by atoms with Gasteiger partial charge in [0.1, 0.15) is 0 Å². The number of nitrogens with zero attached hydrogens (tertiary/aromatic N) is 1. The molecule has 1 heterocycles. The van der Waals surface area contributed by atoms with E-state index >= 15 is 0 Å². The molecule has 2 aromatic rings. The fourth-order valence-electron chi connectivity index (χ4n) is 1.76. The van der Waals surface area contributed by atoms with Crippen LogP contribution in [0.4, 0.5) is 5.69 Å². The monoisotopic (exact) mass is 268 g/mol. The van der Waals surface area contributed by atoms with E-state index in [1.165, 1.54) is 5.69 Å². The standard InChI is InChI=1S/C13H14Cl2N2/c1-2-17-8-4-5-10(17)9-16-13-11(14)6-3-7-12(13)15/h3-8,16H,2,9H2,1H3. The zero-order valence-electron chi connectivity index (χ0n) is 9.58. The van der Waals surface area contributed by atoms with Crippen LogP contribution in [0.1, 0.15) is 12.6 Å². The van der Waals surface area contributed by atoms with Gasteiger partial charge in [-0.15, -0.1) is 0 Å². The van der Waals surface area contributed by atoms with Crippen LogP contribution < -0.4 is 5.32 Å². The van der Waals surface area contributed by atoms with E-state index in [0.717, 1.165) is 12.2 Å². The molecular formula is C13H14Cl2N2. The van der Waals surface area contributed by atoms with Crippen molar-refractivity contribution in [3.05, 3.63) is 52.3 Å². The van der Waals surface area contributed by atoms with Crippen LogP contribution in [-0.4, -0.2) is 4.57 Å². The SMILES string of the molecule is CCn1cccc1CNc1c(Cl)cccc1Cl. The Labute approximate surface area is 111 Å². The largest absolute Gasteiger partial charge is 0.377 e. The Kier molecular flexibility index (Phi) is 3.97. The molecule has 0 saturated carbocycles. The number of para-hydroxylation sites is 1. The molecule has 0 atom stereocenters. The maximum absolute atomic E-state index is 6.09. The summed E-state index contributed by atoms with van der Waals surface area (Å²) in [6.45, 7) is 3.79. The highest BCUT2D eigenvalue weighted by Crippen LogP contribution is 2.30. The van der Waals surface area contributed by atoms with E-state index in [-0.39, 0.29) is 0 Å². The second-order valence-electron chi connectivity index (χ2n) is 3.74. The van der Waals surface area contributed by atoms with Gasteiger partial charge < -0.3 is 9.88 Å². The van der Waals surface area contributed by atoms with Gasteiger partial charge >= 0.3 is 0 Å². The minimum absolute atomic E-state index is 0.645. The second-order valence-corrected chi connectivity index (χ2v) is 4.55. The number of nitrogens with one attached hydrogen (secondary N) is 1. The van der Waals surface area contributed by atoms with Crippen molar-refractivity contribution in [1.29, 1.82) is 0 Å². The van der Waals surface area contributed by atoms with Crippen LogP contribution in [0.2, 0.25) is 10.0 Å². The fourth-order valence-corrected chi connectivity index (χ4v) is 2.30. The minimum Gasteiger partial charge on any atom is -0.377 e. The van der Waals surface area contributed by atoms with Crippen LogP contribution in [0.3, 0.4) is 0 Å². The lowest BCUT2D eigenvalue weighted by Crippen LogP contribution is -2.06. The summed E-state index contributed by atoms with van der Waals surface area (Å²) in [7, 11) is 0. The van der Waals surface area contributed by atoms with Gasteiger partial charge in [-0.2, -0.15) is 0 Å². The zero-order valence-corrected chi connectivity index (χ0v) is 11.1. The number of hydrogen-bond acceptors (Lipinski definition) is 1. The molecule has 1 N–H and O–H groups in total. The zero-order chi connectivity index (χ0) is 12.3. The van der Waals surface area contributed by atoms with Crippen LogP contribution in [0.25, 0.3) is 0 Å². The van der Waals surface area contributed by atoms with Gasteiger partial charge in [0.25, 0.3) is 0 Å². The van der Waals surface area contributed by atoms with Gasteiger partial charge in [0, 0.05) is 18.4 Å². The van der Waals surface area contributed by atoms with Gasteiger partial charge in [0.15, 0.2) is 0 Å². The van der Waals surface area contributed by atoms with Gasteiger partial charge in [0.05, 0.1) is 22.3 Å². The van der Waals surface area contributed by atoms with Crippen molar-refractivity contribution in [2.75, 3.05) is 5.32 Å². The average molecular weight is 269 g/mol. The summed E-state index contributed by atoms with van der Waals surface area (Å²) in [5, 5.41) is 4.56. The molecule has 2 rings (SSSR count). The van der Waals surface area contributed by atoms with Crippen molar-refractivity contribution >= 4 is 28.9 Å². The first kappa shape index (κ1) is 12.3. The highest BCUT2D eigenvalue weighted by atomic mass is 35.5.